The predicted octanol–water partition coefficient (Wildman–Crippen LogP) is 22.3. The van der Waals surface area contributed by atoms with Gasteiger partial charge in [0.1, 0.15) is 13.2 Å². The molecule has 0 rings (SSSR count). The van der Waals surface area contributed by atoms with Gasteiger partial charge in [0.15, 0.2) is 6.10 Å². The van der Waals surface area contributed by atoms with Crippen molar-refractivity contribution in [3.63, 3.8) is 0 Å². The van der Waals surface area contributed by atoms with E-state index in [-0.39, 0.29) is 31.1 Å². The number of hydrogen-bond donors (Lipinski definition) is 0. The van der Waals surface area contributed by atoms with Crippen LogP contribution in [-0.2, 0) is 28.6 Å². The largest absolute Gasteiger partial charge is 0.462 e. The van der Waals surface area contributed by atoms with Gasteiger partial charge in [0.05, 0.1) is 0 Å². The summed E-state index contributed by atoms with van der Waals surface area (Å²) in [6, 6.07) is 0. The van der Waals surface area contributed by atoms with Crippen molar-refractivity contribution in [2.45, 2.75) is 348 Å². The average molecular weight is 1050 g/mol. The SMILES string of the molecule is CCCCC/C=C\C/C=C\CCCCCCCC(=O)OCC(COC(=O)CCCCCCCC/C=C\C/C=C\C/C=C\CCCCCCC)OC(=O)CCCCCCCCCCCCCCCCCCCCCCC. The molecular weight excluding hydrogens is 925 g/mol. The lowest BCUT2D eigenvalue weighted by molar-refractivity contribution is -0.167. The summed E-state index contributed by atoms with van der Waals surface area (Å²) >= 11 is 0. The van der Waals surface area contributed by atoms with Gasteiger partial charge in [-0.1, -0.05) is 293 Å². The van der Waals surface area contributed by atoms with Crippen molar-refractivity contribution in [2.75, 3.05) is 13.2 Å². The fourth-order valence-corrected chi connectivity index (χ4v) is 9.54. The van der Waals surface area contributed by atoms with Gasteiger partial charge in [-0.25, -0.2) is 0 Å². The standard InChI is InChI=1S/C69H124O6/c1-4-7-10-13-16-19-22-25-28-30-32-34-36-38-41-44-47-50-53-56-59-62-68(71)74-65-66(64-73-67(70)61-58-55-52-49-46-43-40-27-24-21-18-15-12-9-6-3)75-69(72)63-60-57-54-51-48-45-42-39-37-35-33-31-29-26-23-20-17-14-11-8-5-2/h18,21-22,25,27,30,32,36,38,40,66H,4-17,19-20,23-24,26,28-29,31,33-35,37,39,41-65H2,1-3H3/b21-18-,25-22-,32-30-,38-36-,40-27-. The van der Waals surface area contributed by atoms with Gasteiger partial charge < -0.3 is 14.2 Å². The number of hydrogen-bond acceptors (Lipinski definition) is 6. The Kier molecular flexibility index (Phi) is 61.2. The Balaban J connectivity index is 4.36. The molecule has 0 radical (unpaired) electrons. The van der Waals surface area contributed by atoms with E-state index in [2.05, 4.69) is 81.5 Å². The van der Waals surface area contributed by atoms with Gasteiger partial charge in [-0.05, 0) is 89.9 Å². The normalized spacial score (nSPS) is 12.4. The van der Waals surface area contributed by atoms with Gasteiger partial charge in [0, 0.05) is 19.3 Å². The van der Waals surface area contributed by atoms with E-state index < -0.39 is 6.10 Å². The molecule has 1 unspecified atom stereocenters. The van der Waals surface area contributed by atoms with E-state index in [0.29, 0.717) is 19.3 Å². The zero-order valence-corrected chi connectivity index (χ0v) is 50.1. The summed E-state index contributed by atoms with van der Waals surface area (Å²) in [4.78, 5) is 38.3. The highest BCUT2D eigenvalue weighted by atomic mass is 16.6. The molecule has 6 nitrogen and oxygen atoms in total. The van der Waals surface area contributed by atoms with E-state index in [0.717, 1.165) is 96.3 Å². The summed E-state index contributed by atoms with van der Waals surface area (Å²) in [6.07, 6.45) is 80.8. The molecule has 0 aromatic rings. The Morgan fingerprint density at radius 1 is 0.267 bits per heavy atom. The molecule has 0 aliphatic heterocycles. The average Bonchev–Trinajstić information content (AvgIpc) is 3.41. The van der Waals surface area contributed by atoms with Gasteiger partial charge in [-0.3, -0.25) is 14.4 Å². The van der Waals surface area contributed by atoms with Crippen LogP contribution in [0.15, 0.2) is 60.8 Å². The number of ether oxygens (including phenoxy) is 3. The van der Waals surface area contributed by atoms with E-state index in [1.165, 1.54) is 205 Å². The zero-order chi connectivity index (χ0) is 54.3. The first kappa shape index (κ1) is 72.1. The third-order valence-corrected chi connectivity index (χ3v) is 14.5. The molecule has 0 aromatic heterocycles. The second-order valence-corrected chi connectivity index (χ2v) is 22.0. The Morgan fingerprint density at radius 2 is 0.480 bits per heavy atom. The highest BCUT2D eigenvalue weighted by Gasteiger charge is 2.19. The molecule has 0 aliphatic carbocycles. The number of carbonyl (C=O) groups excluding carboxylic acids is 3. The maximum Gasteiger partial charge on any atom is 0.306 e. The molecule has 0 aromatic carbocycles. The Labute approximate surface area is 466 Å². The topological polar surface area (TPSA) is 78.9 Å². The summed E-state index contributed by atoms with van der Waals surface area (Å²) in [5.74, 6) is -0.888. The summed E-state index contributed by atoms with van der Waals surface area (Å²) in [5.41, 5.74) is 0. The lowest BCUT2D eigenvalue weighted by Crippen LogP contribution is -2.30. The molecule has 0 saturated carbocycles. The second-order valence-electron chi connectivity index (χ2n) is 22.0. The maximum atomic E-state index is 12.9. The van der Waals surface area contributed by atoms with Crippen LogP contribution >= 0.6 is 0 Å². The quantitative estimate of drug-likeness (QED) is 0.0261. The molecule has 0 N–H and O–H groups in total. The van der Waals surface area contributed by atoms with E-state index in [1.54, 1.807) is 0 Å². The van der Waals surface area contributed by atoms with Crippen LogP contribution in [0.3, 0.4) is 0 Å². The fraction of sp³-hybridized carbons (Fsp3) is 0.812. The van der Waals surface area contributed by atoms with Crippen LogP contribution < -0.4 is 0 Å². The molecule has 0 saturated heterocycles. The molecular formula is C69H124O6. The highest BCUT2D eigenvalue weighted by Crippen LogP contribution is 2.17. The molecule has 0 amide bonds. The number of unbranched alkanes of at least 4 members (excludes halogenated alkanes) is 39. The van der Waals surface area contributed by atoms with Crippen molar-refractivity contribution in [3.05, 3.63) is 60.8 Å². The van der Waals surface area contributed by atoms with Crippen LogP contribution in [0.1, 0.15) is 342 Å². The third kappa shape index (κ3) is 61.8. The molecule has 6 heteroatoms. The van der Waals surface area contributed by atoms with Crippen LogP contribution in [0.2, 0.25) is 0 Å². The fourth-order valence-electron chi connectivity index (χ4n) is 9.54. The van der Waals surface area contributed by atoms with Gasteiger partial charge in [0.25, 0.3) is 0 Å². The number of carbonyl (C=O) groups is 3. The number of esters is 3. The molecule has 0 fully saturated rings. The summed E-state index contributed by atoms with van der Waals surface area (Å²) in [6.45, 7) is 6.63. The maximum absolute atomic E-state index is 12.9. The van der Waals surface area contributed by atoms with E-state index >= 15 is 0 Å². The van der Waals surface area contributed by atoms with Crippen molar-refractivity contribution in [1.82, 2.24) is 0 Å². The Hall–Kier alpha value is -2.89. The zero-order valence-electron chi connectivity index (χ0n) is 50.1. The van der Waals surface area contributed by atoms with Crippen LogP contribution in [0, 0.1) is 0 Å². The summed E-state index contributed by atoms with van der Waals surface area (Å²) < 4.78 is 16.9. The van der Waals surface area contributed by atoms with Gasteiger partial charge in [-0.2, -0.15) is 0 Å². The van der Waals surface area contributed by atoms with Crippen molar-refractivity contribution >= 4 is 17.9 Å². The van der Waals surface area contributed by atoms with Crippen molar-refractivity contribution in [1.29, 1.82) is 0 Å². The molecule has 436 valence electrons. The smallest absolute Gasteiger partial charge is 0.306 e. The monoisotopic (exact) mass is 1050 g/mol. The van der Waals surface area contributed by atoms with Gasteiger partial charge in [0.2, 0.25) is 0 Å². The lowest BCUT2D eigenvalue weighted by atomic mass is 10.0. The molecule has 0 aliphatic rings. The van der Waals surface area contributed by atoms with Gasteiger partial charge in [-0.15, -0.1) is 0 Å². The minimum absolute atomic E-state index is 0.0829. The highest BCUT2D eigenvalue weighted by molar-refractivity contribution is 5.71. The Morgan fingerprint density at radius 3 is 0.773 bits per heavy atom. The first-order chi connectivity index (χ1) is 37.0. The molecule has 1 atom stereocenters. The van der Waals surface area contributed by atoms with E-state index in [9.17, 15) is 14.4 Å². The van der Waals surface area contributed by atoms with E-state index in [4.69, 9.17) is 14.2 Å². The minimum Gasteiger partial charge on any atom is -0.462 e. The van der Waals surface area contributed by atoms with Gasteiger partial charge >= 0.3 is 17.9 Å². The number of rotatable bonds is 60. The second kappa shape index (κ2) is 63.6. The molecule has 75 heavy (non-hydrogen) atoms. The lowest BCUT2D eigenvalue weighted by Gasteiger charge is -2.18. The first-order valence-electron chi connectivity index (χ1n) is 32.8. The van der Waals surface area contributed by atoms with Crippen LogP contribution in [0.5, 0.6) is 0 Å². The van der Waals surface area contributed by atoms with Crippen molar-refractivity contribution < 1.29 is 28.6 Å². The summed E-state index contributed by atoms with van der Waals surface area (Å²) in [5, 5.41) is 0. The van der Waals surface area contributed by atoms with Crippen molar-refractivity contribution in [3.8, 4) is 0 Å². The molecule has 0 spiro atoms. The van der Waals surface area contributed by atoms with Crippen LogP contribution in [0.25, 0.3) is 0 Å². The molecule has 0 bridgehead atoms. The first-order valence-corrected chi connectivity index (χ1v) is 32.8. The third-order valence-electron chi connectivity index (χ3n) is 14.5. The minimum atomic E-state index is -0.785. The molecule has 0 heterocycles. The van der Waals surface area contributed by atoms with Crippen LogP contribution in [-0.4, -0.2) is 37.2 Å². The van der Waals surface area contributed by atoms with Crippen LogP contribution in [0.4, 0.5) is 0 Å². The predicted molar refractivity (Wildman–Crippen MR) is 325 cm³/mol. The summed E-state index contributed by atoms with van der Waals surface area (Å²) in [7, 11) is 0. The number of allylic oxidation sites excluding steroid dienone is 10. The Bertz CT molecular complexity index is 1340. The van der Waals surface area contributed by atoms with E-state index in [1.807, 2.05) is 0 Å². The van der Waals surface area contributed by atoms with Crippen molar-refractivity contribution in [2.24, 2.45) is 0 Å².